The van der Waals surface area contributed by atoms with E-state index in [1.807, 2.05) is 22.8 Å². The van der Waals surface area contributed by atoms with Gasteiger partial charge in [-0.25, -0.2) is 9.18 Å². The molecule has 1 saturated heterocycles. The first kappa shape index (κ1) is 30.2. The van der Waals surface area contributed by atoms with Crippen LogP contribution < -0.4 is 5.32 Å². The number of fused-ring (bicyclic) bond motifs is 1. The number of carbonyl (C=O) groups is 2. The standard InChI is InChI=1S/C34H43FN4O2S/c1-22(2)27-10-7-11-28(23(3)4)32(27)36-34(41)39-18-17-38(21-24(39)5)31(40)13-16-37-15-12-30-29(14-19-42-30)33(37)25-8-6-9-26(35)20-25/h6-11,14,19-20,22-24,33H,12-13,15-18,21H2,1-5H3,(H,36,41)/t24-,33-/m1/s1. The minimum atomic E-state index is -0.241. The molecule has 5 rings (SSSR count). The van der Waals surface area contributed by atoms with E-state index in [4.69, 9.17) is 0 Å². The predicted octanol–water partition coefficient (Wildman–Crippen LogP) is 7.24. The van der Waals surface area contributed by atoms with Gasteiger partial charge >= 0.3 is 6.03 Å². The lowest BCUT2D eigenvalue weighted by molar-refractivity contribution is -0.134. The number of thiophene rings is 1. The lowest BCUT2D eigenvalue weighted by Crippen LogP contribution is -2.56. The van der Waals surface area contributed by atoms with Crippen LogP contribution in [0.2, 0.25) is 0 Å². The summed E-state index contributed by atoms with van der Waals surface area (Å²) in [6, 6.07) is 15.0. The Morgan fingerprint density at radius 3 is 2.38 bits per heavy atom. The van der Waals surface area contributed by atoms with Crippen LogP contribution in [0.15, 0.2) is 53.9 Å². The van der Waals surface area contributed by atoms with Gasteiger partial charge in [0.1, 0.15) is 5.82 Å². The van der Waals surface area contributed by atoms with Crippen molar-refractivity contribution < 1.29 is 14.0 Å². The van der Waals surface area contributed by atoms with Gasteiger partial charge in [-0.05, 0) is 71.0 Å². The van der Waals surface area contributed by atoms with Crippen molar-refractivity contribution >= 4 is 29.0 Å². The van der Waals surface area contributed by atoms with Crippen LogP contribution >= 0.6 is 11.3 Å². The number of halogens is 1. The summed E-state index contributed by atoms with van der Waals surface area (Å²) in [4.78, 5) is 34.3. The first-order valence-electron chi connectivity index (χ1n) is 15.2. The highest BCUT2D eigenvalue weighted by Gasteiger charge is 2.33. The molecule has 3 heterocycles. The van der Waals surface area contributed by atoms with Crippen LogP contribution in [0, 0.1) is 5.82 Å². The lowest BCUT2D eigenvalue weighted by Gasteiger charge is -2.41. The van der Waals surface area contributed by atoms with E-state index in [-0.39, 0.29) is 41.7 Å². The molecule has 8 heteroatoms. The monoisotopic (exact) mass is 590 g/mol. The summed E-state index contributed by atoms with van der Waals surface area (Å²) in [5.41, 5.74) is 5.34. The van der Waals surface area contributed by atoms with Crippen molar-refractivity contribution in [2.45, 2.75) is 71.4 Å². The highest BCUT2D eigenvalue weighted by atomic mass is 32.1. The minimum absolute atomic E-state index is 0.0487. The number of carbonyl (C=O) groups excluding carboxylic acids is 2. The van der Waals surface area contributed by atoms with Gasteiger partial charge in [-0.1, -0.05) is 58.0 Å². The molecule has 0 aliphatic carbocycles. The quantitative estimate of drug-likeness (QED) is 0.316. The molecule has 1 N–H and O–H groups in total. The molecular weight excluding hydrogens is 547 g/mol. The van der Waals surface area contributed by atoms with Crippen LogP contribution in [-0.4, -0.2) is 65.4 Å². The molecule has 6 nitrogen and oxygen atoms in total. The number of nitrogens with zero attached hydrogens (tertiary/aromatic N) is 3. The zero-order valence-electron chi connectivity index (χ0n) is 25.4. The van der Waals surface area contributed by atoms with Crippen molar-refractivity contribution in [3.05, 3.63) is 86.9 Å². The molecule has 2 aliphatic heterocycles. The van der Waals surface area contributed by atoms with Gasteiger partial charge in [-0.2, -0.15) is 0 Å². The molecule has 2 atom stereocenters. The van der Waals surface area contributed by atoms with E-state index >= 15 is 0 Å². The maximum absolute atomic E-state index is 14.2. The van der Waals surface area contributed by atoms with E-state index in [2.05, 4.69) is 67.6 Å². The van der Waals surface area contributed by atoms with E-state index in [1.54, 1.807) is 23.5 Å². The summed E-state index contributed by atoms with van der Waals surface area (Å²) in [5.74, 6) is 0.438. The number of hydrogen-bond donors (Lipinski definition) is 1. The molecule has 42 heavy (non-hydrogen) atoms. The van der Waals surface area contributed by atoms with Crippen molar-refractivity contribution in [2.24, 2.45) is 0 Å². The van der Waals surface area contributed by atoms with Gasteiger partial charge in [0.15, 0.2) is 0 Å². The lowest BCUT2D eigenvalue weighted by atomic mass is 9.92. The number of rotatable bonds is 7. The molecule has 2 aromatic carbocycles. The van der Waals surface area contributed by atoms with E-state index < -0.39 is 0 Å². The van der Waals surface area contributed by atoms with Gasteiger partial charge in [-0.3, -0.25) is 9.69 Å². The van der Waals surface area contributed by atoms with E-state index in [0.717, 1.165) is 35.3 Å². The molecule has 2 aliphatic rings. The van der Waals surface area contributed by atoms with E-state index in [9.17, 15) is 14.0 Å². The summed E-state index contributed by atoms with van der Waals surface area (Å²) >= 11 is 1.75. The Hall–Kier alpha value is -3.23. The van der Waals surface area contributed by atoms with Crippen molar-refractivity contribution in [1.82, 2.24) is 14.7 Å². The van der Waals surface area contributed by atoms with Crippen LogP contribution in [0.25, 0.3) is 0 Å². The average Bonchev–Trinajstić information content (AvgIpc) is 3.44. The van der Waals surface area contributed by atoms with Crippen LogP contribution in [-0.2, 0) is 11.2 Å². The molecule has 0 radical (unpaired) electrons. The van der Waals surface area contributed by atoms with Crippen molar-refractivity contribution in [3.8, 4) is 0 Å². The Labute approximate surface area is 253 Å². The van der Waals surface area contributed by atoms with Crippen molar-refractivity contribution in [2.75, 3.05) is 38.0 Å². The second kappa shape index (κ2) is 13.0. The van der Waals surface area contributed by atoms with Gasteiger partial charge < -0.3 is 15.1 Å². The van der Waals surface area contributed by atoms with Gasteiger partial charge in [0.2, 0.25) is 5.91 Å². The Morgan fingerprint density at radius 2 is 1.71 bits per heavy atom. The summed E-state index contributed by atoms with van der Waals surface area (Å²) in [7, 11) is 0. The van der Waals surface area contributed by atoms with Crippen molar-refractivity contribution in [3.63, 3.8) is 0 Å². The third kappa shape index (κ3) is 6.40. The normalized spacial score (nSPS) is 19.3. The summed E-state index contributed by atoms with van der Waals surface area (Å²) < 4.78 is 14.2. The van der Waals surface area contributed by atoms with Gasteiger partial charge in [0, 0.05) is 55.8 Å². The van der Waals surface area contributed by atoms with Gasteiger partial charge in [0.25, 0.3) is 0 Å². The van der Waals surface area contributed by atoms with Crippen molar-refractivity contribution in [1.29, 1.82) is 0 Å². The zero-order chi connectivity index (χ0) is 30.0. The van der Waals surface area contributed by atoms with Crippen LogP contribution in [0.1, 0.15) is 86.0 Å². The SMILES string of the molecule is CC(C)c1cccc(C(C)C)c1NC(=O)N1CCN(C(=O)CCN2CCc3sccc3[C@H]2c2cccc(F)c2)C[C@H]1C. The highest BCUT2D eigenvalue weighted by molar-refractivity contribution is 7.10. The maximum Gasteiger partial charge on any atom is 0.322 e. The number of amides is 3. The Kier molecular flexibility index (Phi) is 9.33. The number of benzene rings is 2. The third-order valence-corrected chi connectivity index (χ3v) is 9.69. The fourth-order valence-corrected chi connectivity index (χ4v) is 7.34. The second-order valence-corrected chi connectivity index (χ2v) is 13.2. The molecule has 0 spiro atoms. The number of anilines is 1. The fraction of sp³-hybridized carbons (Fsp3) is 0.471. The fourth-order valence-electron chi connectivity index (χ4n) is 6.43. The summed E-state index contributed by atoms with van der Waals surface area (Å²) in [6.07, 6.45) is 1.33. The molecule has 1 aromatic heterocycles. The van der Waals surface area contributed by atoms with Crippen LogP contribution in [0.4, 0.5) is 14.9 Å². The second-order valence-electron chi connectivity index (χ2n) is 12.2. The van der Waals surface area contributed by atoms with Crippen LogP contribution in [0.5, 0.6) is 0 Å². The molecule has 0 saturated carbocycles. The molecule has 224 valence electrons. The number of nitrogens with one attached hydrogen (secondary N) is 1. The molecule has 0 unspecified atom stereocenters. The van der Waals surface area contributed by atoms with Gasteiger partial charge in [-0.15, -0.1) is 11.3 Å². The first-order valence-corrected chi connectivity index (χ1v) is 16.1. The van der Waals surface area contributed by atoms with E-state index in [1.165, 1.54) is 16.5 Å². The highest BCUT2D eigenvalue weighted by Crippen LogP contribution is 2.38. The molecule has 3 amide bonds. The first-order chi connectivity index (χ1) is 20.1. The smallest absolute Gasteiger partial charge is 0.322 e. The topological polar surface area (TPSA) is 55.9 Å². The zero-order valence-corrected chi connectivity index (χ0v) is 26.2. The largest absolute Gasteiger partial charge is 0.339 e. The number of hydrogen-bond acceptors (Lipinski definition) is 4. The third-order valence-electron chi connectivity index (χ3n) is 8.69. The average molecular weight is 591 g/mol. The van der Waals surface area contributed by atoms with Gasteiger partial charge in [0.05, 0.1) is 6.04 Å². The minimum Gasteiger partial charge on any atom is -0.339 e. The van der Waals surface area contributed by atoms with E-state index in [0.29, 0.717) is 32.6 Å². The molecule has 1 fully saturated rings. The Balaban J connectivity index is 1.21. The molecular formula is C34H43FN4O2S. The predicted molar refractivity (Wildman–Crippen MR) is 169 cm³/mol. The number of para-hydroxylation sites is 1. The van der Waals surface area contributed by atoms with Crippen LogP contribution in [0.3, 0.4) is 0 Å². The Bertz CT molecular complexity index is 1390. The maximum atomic E-state index is 14.2. The Morgan fingerprint density at radius 1 is 1.00 bits per heavy atom. The molecule has 3 aromatic rings. The number of urea groups is 1. The molecule has 0 bridgehead atoms. The summed E-state index contributed by atoms with van der Waals surface area (Å²) in [5, 5.41) is 5.34. The summed E-state index contributed by atoms with van der Waals surface area (Å²) in [6.45, 7) is 13.6. The number of piperazine rings is 1.